The zero-order chi connectivity index (χ0) is 9.97. The molecule has 2 atom stereocenters. The third-order valence-electron chi connectivity index (χ3n) is 3.81. The summed E-state index contributed by atoms with van der Waals surface area (Å²) in [6.45, 7) is 12.1. The van der Waals surface area contributed by atoms with Crippen molar-refractivity contribution >= 4 is 0 Å². The van der Waals surface area contributed by atoms with Crippen LogP contribution < -0.4 is 5.32 Å². The van der Waals surface area contributed by atoms with Crippen molar-refractivity contribution in [2.75, 3.05) is 39.3 Å². The molecule has 0 amide bonds. The molecule has 0 aromatic rings. The molecule has 2 heterocycles. The van der Waals surface area contributed by atoms with Crippen LogP contribution in [0.25, 0.3) is 0 Å². The van der Waals surface area contributed by atoms with Crippen molar-refractivity contribution in [3.05, 3.63) is 0 Å². The minimum absolute atomic E-state index is 0.763. The minimum Gasteiger partial charge on any atom is -0.314 e. The van der Waals surface area contributed by atoms with Crippen molar-refractivity contribution in [2.24, 2.45) is 0 Å². The lowest BCUT2D eigenvalue weighted by Crippen LogP contribution is -2.62. The number of hydrogen-bond donors (Lipinski definition) is 1. The third-order valence-corrected chi connectivity index (χ3v) is 3.81. The summed E-state index contributed by atoms with van der Waals surface area (Å²) in [6.07, 6.45) is 1.28. The minimum atomic E-state index is 0.763. The van der Waals surface area contributed by atoms with Gasteiger partial charge in [-0.1, -0.05) is 6.92 Å². The summed E-state index contributed by atoms with van der Waals surface area (Å²) in [5.74, 6) is 0. The van der Waals surface area contributed by atoms with Crippen LogP contribution in [0.3, 0.4) is 0 Å². The first kappa shape index (κ1) is 10.4. The van der Waals surface area contributed by atoms with Gasteiger partial charge < -0.3 is 5.32 Å². The topological polar surface area (TPSA) is 18.5 Å². The Kier molecular flexibility index (Phi) is 3.42. The average molecular weight is 197 g/mol. The molecule has 2 unspecified atom stereocenters. The molecular weight excluding hydrogens is 174 g/mol. The fourth-order valence-corrected chi connectivity index (χ4v) is 2.55. The molecule has 3 nitrogen and oxygen atoms in total. The second-order valence-corrected chi connectivity index (χ2v) is 4.65. The van der Waals surface area contributed by atoms with E-state index in [1.807, 2.05) is 0 Å². The monoisotopic (exact) mass is 197 g/mol. The van der Waals surface area contributed by atoms with E-state index in [9.17, 15) is 0 Å². The van der Waals surface area contributed by atoms with Crippen molar-refractivity contribution in [1.29, 1.82) is 0 Å². The number of rotatable bonds is 2. The largest absolute Gasteiger partial charge is 0.314 e. The molecular formula is C11H23N3. The van der Waals surface area contributed by atoms with Crippen molar-refractivity contribution in [2.45, 2.75) is 32.4 Å². The maximum Gasteiger partial charge on any atom is 0.0349 e. The van der Waals surface area contributed by atoms with E-state index in [-0.39, 0.29) is 0 Å². The second kappa shape index (κ2) is 4.60. The normalized spacial score (nSPS) is 32.6. The Balaban J connectivity index is 1.89. The van der Waals surface area contributed by atoms with Gasteiger partial charge in [0, 0.05) is 51.4 Å². The molecule has 0 bridgehead atoms. The number of fused-ring (bicyclic) bond motifs is 1. The van der Waals surface area contributed by atoms with Gasteiger partial charge in [-0.2, -0.15) is 0 Å². The molecule has 0 radical (unpaired) electrons. The molecule has 2 aliphatic rings. The molecule has 82 valence electrons. The maximum absolute atomic E-state index is 3.49. The number of nitrogens with zero attached hydrogens (tertiary/aromatic N) is 2. The van der Waals surface area contributed by atoms with E-state index in [4.69, 9.17) is 0 Å². The molecule has 0 aromatic heterocycles. The van der Waals surface area contributed by atoms with Gasteiger partial charge in [-0.05, 0) is 13.3 Å². The maximum atomic E-state index is 3.49. The van der Waals surface area contributed by atoms with E-state index in [2.05, 4.69) is 29.0 Å². The zero-order valence-electron chi connectivity index (χ0n) is 9.50. The first-order valence-corrected chi connectivity index (χ1v) is 6.00. The molecule has 0 aromatic carbocycles. The van der Waals surface area contributed by atoms with Crippen LogP contribution in [0, 0.1) is 0 Å². The molecule has 2 fully saturated rings. The van der Waals surface area contributed by atoms with Crippen LogP contribution in [0.4, 0.5) is 0 Å². The summed E-state index contributed by atoms with van der Waals surface area (Å²) in [5, 5.41) is 3.49. The first-order valence-electron chi connectivity index (χ1n) is 6.00. The SMILES string of the molecule is CCC(C)N1CCN2CCNCC2C1. The summed E-state index contributed by atoms with van der Waals surface area (Å²) >= 11 is 0. The van der Waals surface area contributed by atoms with Gasteiger partial charge in [-0.3, -0.25) is 9.80 Å². The molecule has 14 heavy (non-hydrogen) atoms. The Bertz CT molecular complexity index is 183. The lowest BCUT2D eigenvalue weighted by atomic mass is 10.1. The Morgan fingerprint density at radius 2 is 2.21 bits per heavy atom. The van der Waals surface area contributed by atoms with Crippen LogP contribution in [0.15, 0.2) is 0 Å². The third kappa shape index (κ3) is 2.10. The van der Waals surface area contributed by atoms with Crippen LogP contribution in [-0.4, -0.2) is 61.2 Å². The van der Waals surface area contributed by atoms with Gasteiger partial charge in [0.05, 0.1) is 0 Å². The predicted octanol–water partition coefficient (Wildman–Crippen LogP) is 0.374. The van der Waals surface area contributed by atoms with Crippen LogP contribution in [0.2, 0.25) is 0 Å². The molecule has 0 aliphatic carbocycles. The smallest absolute Gasteiger partial charge is 0.0349 e. The van der Waals surface area contributed by atoms with Crippen molar-refractivity contribution in [3.63, 3.8) is 0 Å². The fraction of sp³-hybridized carbons (Fsp3) is 1.00. The highest BCUT2D eigenvalue weighted by Crippen LogP contribution is 2.14. The fourth-order valence-electron chi connectivity index (χ4n) is 2.55. The van der Waals surface area contributed by atoms with E-state index >= 15 is 0 Å². The highest BCUT2D eigenvalue weighted by Gasteiger charge is 2.29. The highest BCUT2D eigenvalue weighted by atomic mass is 15.3. The van der Waals surface area contributed by atoms with Gasteiger partial charge in [0.1, 0.15) is 0 Å². The molecule has 2 aliphatic heterocycles. The van der Waals surface area contributed by atoms with Crippen LogP contribution in [0.5, 0.6) is 0 Å². The Morgan fingerprint density at radius 3 is 3.00 bits per heavy atom. The van der Waals surface area contributed by atoms with E-state index in [0.29, 0.717) is 0 Å². The van der Waals surface area contributed by atoms with Crippen LogP contribution in [-0.2, 0) is 0 Å². The Morgan fingerprint density at radius 1 is 1.36 bits per heavy atom. The van der Waals surface area contributed by atoms with E-state index < -0.39 is 0 Å². The van der Waals surface area contributed by atoms with E-state index in [1.165, 1.54) is 45.7 Å². The summed E-state index contributed by atoms with van der Waals surface area (Å²) in [4.78, 5) is 5.30. The standard InChI is InChI=1S/C11H23N3/c1-3-10(2)14-7-6-13-5-4-12-8-11(13)9-14/h10-12H,3-9H2,1-2H3. The predicted molar refractivity (Wildman–Crippen MR) is 59.6 cm³/mol. The summed E-state index contributed by atoms with van der Waals surface area (Å²) < 4.78 is 0. The molecule has 2 saturated heterocycles. The number of hydrogen-bond acceptors (Lipinski definition) is 3. The summed E-state index contributed by atoms with van der Waals surface area (Å²) in [6, 6.07) is 1.53. The second-order valence-electron chi connectivity index (χ2n) is 4.65. The number of piperazine rings is 2. The van der Waals surface area contributed by atoms with Gasteiger partial charge >= 0.3 is 0 Å². The lowest BCUT2D eigenvalue weighted by molar-refractivity contribution is 0.0379. The van der Waals surface area contributed by atoms with Crippen LogP contribution >= 0.6 is 0 Å². The Hall–Kier alpha value is -0.120. The molecule has 2 rings (SSSR count). The van der Waals surface area contributed by atoms with E-state index in [0.717, 1.165) is 12.1 Å². The molecule has 0 saturated carbocycles. The number of nitrogens with one attached hydrogen (secondary N) is 1. The van der Waals surface area contributed by atoms with Gasteiger partial charge in [-0.25, -0.2) is 0 Å². The molecule has 3 heteroatoms. The zero-order valence-corrected chi connectivity index (χ0v) is 9.50. The van der Waals surface area contributed by atoms with Crippen molar-refractivity contribution in [1.82, 2.24) is 15.1 Å². The van der Waals surface area contributed by atoms with Crippen molar-refractivity contribution in [3.8, 4) is 0 Å². The van der Waals surface area contributed by atoms with Crippen LogP contribution in [0.1, 0.15) is 20.3 Å². The van der Waals surface area contributed by atoms with Gasteiger partial charge in [0.2, 0.25) is 0 Å². The van der Waals surface area contributed by atoms with Gasteiger partial charge in [0.15, 0.2) is 0 Å². The lowest BCUT2D eigenvalue weighted by Gasteiger charge is -2.46. The van der Waals surface area contributed by atoms with Crippen molar-refractivity contribution < 1.29 is 0 Å². The highest BCUT2D eigenvalue weighted by molar-refractivity contribution is 4.88. The first-order chi connectivity index (χ1) is 6.81. The molecule has 1 N–H and O–H groups in total. The summed E-state index contributed by atoms with van der Waals surface area (Å²) in [5.41, 5.74) is 0. The quantitative estimate of drug-likeness (QED) is 0.690. The summed E-state index contributed by atoms with van der Waals surface area (Å²) in [7, 11) is 0. The Labute approximate surface area is 87.4 Å². The van der Waals surface area contributed by atoms with E-state index in [1.54, 1.807) is 0 Å². The van der Waals surface area contributed by atoms with Gasteiger partial charge in [-0.15, -0.1) is 0 Å². The van der Waals surface area contributed by atoms with Gasteiger partial charge in [0.25, 0.3) is 0 Å². The average Bonchev–Trinajstić information content (AvgIpc) is 2.27. The molecule has 0 spiro atoms.